The zero-order valence-electron chi connectivity index (χ0n) is 15.4. The van der Waals surface area contributed by atoms with E-state index in [1.165, 1.54) is 6.07 Å². The van der Waals surface area contributed by atoms with E-state index in [2.05, 4.69) is 11.3 Å². The maximum absolute atomic E-state index is 12.9. The van der Waals surface area contributed by atoms with Crippen LogP contribution < -0.4 is 9.46 Å². The largest absolute Gasteiger partial charge is 0.456 e. The van der Waals surface area contributed by atoms with Crippen LogP contribution in [0.3, 0.4) is 0 Å². The summed E-state index contributed by atoms with van der Waals surface area (Å²) in [6.07, 6.45) is 2.33. The molecule has 5 nitrogen and oxygen atoms in total. The van der Waals surface area contributed by atoms with Gasteiger partial charge in [-0.25, -0.2) is 13.1 Å². The van der Waals surface area contributed by atoms with E-state index < -0.39 is 21.3 Å². The molecule has 2 atom stereocenters. The SMILES string of the molecule is C=C[C@@H]1C[C@@]1(C(=O)NS(=O)(=O)c1ccccc1Oc1ccccc1)C(C)C. The Morgan fingerprint density at radius 3 is 2.41 bits per heavy atom. The lowest BCUT2D eigenvalue weighted by molar-refractivity contribution is -0.126. The van der Waals surface area contributed by atoms with Gasteiger partial charge in [0.05, 0.1) is 5.41 Å². The van der Waals surface area contributed by atoms with Crippen LogP contribution in [0.4, 0.5) is 0 Å². The highest BCUT2D eigenvalue weighted by atomic mass is 32.2. The Morgan fingerprint density at radius 1 is 1.19 bits per heavy atom. The molecule has 1 saturated carbocycles. The number of benzene rings is 2. The minimum atomic E-state index is -4.08. The quantitative estimate of drug-likeness (QED) is 0.727. The maximum Gasteiger partial charge on any atom is 0.267 e. The molecular formula is C21H23NO4S. The predicted molar refractivity (Wildman–Crippen MR) is 104 cm³/mol. The van der Waals surface area contributed by atoms with Crippen LogP contribution in [0.2, 0.25) is 0 Å². The smallest absolute Gasteiger partial charge is 0.267 e. The standard InChI is InChI=1S/C21H23NO4S/c1-4-16-14-21(16,15(2)3)20(23)22-27(24,25)19-13-9-8-12-18(19)26-17-10-6-5-7-11-17/h4-13,15-16H,1,14H2,2-3H3,(H,22,23)/t16-,21-/m1/s1. The van der Waals surface area contributed by atoms with Crippen LogP contribution >= 0.6 is 0 Å². The maximum atomic E-state index is 12.9. The molecule has 0 aromatic heterocycles. The van der Waals surface area contributed by atoms with Crippen molar-refractivity contribution in [2.45, 2.75) is 25.2 Å². The molecule has 6 heteroatoms. The van der Waals surface area contributed by atoms with E-state index in [1.54, 1.807) is 48.5 Å². The van der Waals surface area contributed by atoms with Crippen molar-refractivity contribution in [3.05, 3.63) is 67.3 Å². The third-order valence-corrected chi connectivity index (χ3v) is 6.50. The Bertz CT molecular complexity index is 953. The van der Waals surface area contributed by atoms with Crippen molar-refractivity contribution in [3.8, 4) is 11.5 Å². The fourth-order valence-corrected chi connectivity index (χ4v) is 4.61. The van der Waals surface area contributed by atoms with Crippen molar-refractivity contribution >= 4 is 15.9 Å². The van der Waals surface area contributed by atoms with Crippen LogP contribution in [0.1, 0.15) is 20.3 Å². The molecule has 1 fully saturated rings. The predicted octanol–water partition coefficient (Wildman–Crippen LogP) is 4.13. The number of carbonyl (C=O) groups excluding carboxylic acids is 1. The minimum Gasteiger partial charge on any atom is -0.456 e. The van der Waals surface area contributed by atoms with E-state index in [4.69, 9.17) is 4.74 Å². The van der Waals surface area contributed by atoms with Crippen molar-refractivity contribution in [2.24, 2.45) is 17.3 Å². The Balaban J connectivity index is 1.88. The van der Waals surface area contributed by atoms with Gasteiger partial charge in [0, 0.05) is 0 Å². The van der Waals surface area contributed by atoms with Gasteiger partial charge in [0.15, 0.2) is 0 Å². The number of hydrogen-bond donors (Lipinski definition) is 1. The van der Waals surface area contributed by atoms with Gasteiger partial charge in [-0.1, -0.05) is 50.3 Å². The molecule has 0 saturated heterocycles. The van der Waals surface area contributed by atoms with E-state index in [-0.39, 0.29) is 22.5 Å². The first-order valence-corrected chi connectivity index (χ1v) is 10.3. The molecule has 1 aliphatic rings. The number of allylic oxidation sites excluding steroid dienone is 1. The third-order valence-electron chi connectivity index (χ3n) is 5.13. The molecule has 3 rings (SSSR count). The molecular weight excluding hydrogens is 362 g/mol. The number of amides is 1. The summed E-state index contributed by atoms with van der Waals surface area (Å²) in [7, 11) is -4.08. The molecule has 0 aliphatic heterocycles. The molecule has 27 heavy (non-hydrogen) atoms. The van der Waals surface area contributed by atoms with Gasteiger partial charge in [0.25, 0.3) is 10.0 Å². The average molecular weight is 385 g/mol. The normalized spacial score (nSPS) is 21.5. The van der Waals surface area contributed by atoms with Gasteiger partial charge >= 0.3 is 0 Å². The monoisotopic (exact) mass is 385 g/mol. The second-order valence-corrected chi connectivity index (χ2v) is 8.69. The Morgan fingerprint density at radius 2 is 1.81 bits per heavy atom. The van der Waals surface area contributed by atoms with E-state index >= 15 is 0 Å². The topological polar surface area (TPSA) is 72.5 Å². The van der Waals surface area contributed by atoms with Gasteiger partial charge in [-0.15, -0.1) is 6.58 Å². The Labute approximate surface area is 160 Å². The van der Waals surface area contributed by atoms with Crippen molar-refractivity contribution in [3.63, 3.8) is 0 Å². The molecule has 1 N–H and O–H groups in total. The summed E-state index contributed by atoms with van der Waals surface area (Å²) in [5.41, 5.74) is -0.718. The molecule has 142 valence electrons. The summed E-state index contributed by atoms with van der Waals surface area (Å²) in [6.45, 7) is 7.59. The van der Waals surface area contributed by atoms with E-state index in [9.17, 15) is 13.2 Å². The van der Waals surface area contributed by atoms with Crippen LogP contribution in [0, 0.1) is 17.3 Å². The highest BCUT2D eigenvalue weighted by Gasteiger charge is 2.60. The van der Waals surface area contributed by atoms with Gasteiger partial charge in [-0.2, -0.15) is 0 Å². The van der Waals surface area contributed by atoms with Crippen molar-refractivity contribution in [1.82, 2.24) is 4.72 Å². The van der Waals surface area contributed by atoms with Crippen LogP contribution in [0.15, 0.2) is 72.1 Å². The summed E-state index contributed by atoms with van der Waals surface area (Å²) in [4.78, 5) is 12.7. The molecule has 0 unspecified atom stereocenters. The number of para-hydroxylation sites is 2. The molecule has 2 aromatic carbocycles. The summed E-state index contributed by atoms with van der Waals surface area (Å²) < 4.78 is 33.8. The van der Waals surface area contributed by atoms with Gasteiger partial charge in [0.1, 0.15) is 16.4 Å². The number of carbonyl (C=O) groups is 1. The first-order chi connectivity index (χ1) is 12.8. The van der Waals surface area contributed by atoms with Crippen molar-refractivity contribution < 1.29 is 17.9 Å². The fourth-order valence-electron chi connectivity index (χ4n) is 3.43. The van der Waals surface area contributed by atoms with Crippen molar-refractivity contribution in [2.75, 3.05) is 0 Å². The molecule has 0 heterocycles. The van der Waals surface area contributed by atoms with Gasteiger partial charge in [-0.3, -0.25) is 4.79 Å². The lowest BCUT2D eigenvalue weighted by atomic mass is 9.89. The number of hydrogen-bond acceptors (Lipinski definition) is 4. The lowest BCUT2D eigenvalue weighted by Crippen LogP contribution is -2.40. The van der Waals surface area contributed by atoms with Crippen LogP contribution in [0.25, 0.3) is 0 Å². The fraction of sp³-hybridized carbons (Fsp3) is 0.286. The molecule has 1 aliphatic carbocycles. The first kappa shape index (κ1) is 19.2. The number of rotatable bonds is 7. The second kappa shape index (κ2) is 7.19. The second-order valence-electron chi connectivity index (χ2n) is 7.04. The molecule has 2 aromatic rings. The number of ether oxygens (including phenoxy) is 1. The van der Waals surface area contributed by atoms with Gasteiger partial charge < -0.3 is 4.74 Å². The molecule has 0 bridgehead atoms. The summed E-state index contributed by atoms with van der Waals surface area (Å²) in [6, 6.07) is 15.2. The Kier molecular flexibility index (Phi) is 5.11. The summed E-state index contributed by atoms with van der Waals surface area (Å²) >= 11 is 0. The Hall–Kier alpha value is -2.60. The van der Waals surface area contributed by atoms with Gasteiger partial charge in [-0.05, 0) is 42.5 Å². The van der Waals surface area contributed by atoms with E-state index in [1.807, 2.05) is 19.9 Å². The third kappa shape index (κ3) is 3.62. The highest BCUT2D eigenvalue weighted by molar-refractivity contribution is 7.90. The summed E-state index contributed by atoms with van der Waals surface area (Å²) in [5, 5.41) is 0. The highest BCUT2D eigenvalue weighted by Crippen LogP contribution is 2.58. The van der Waals surface area contributed by atoms with E-state index in [0.717, 1.165) is 0 Å². The van der Waals surface area contributed by atoms with Crippen molar-refractivity contribution in [1.29, 1.82) is 0 Å². The van der Waals surface area contributed by atoms with Gasteiger partial charge in [0.2, 0.25) is 5.91 Å². The average Bonchev–Trinajstić information content (AvgIpc) is 3.39. The lowest BCUT2D eigenvalue weighted by Gasteiger charge is -2.21. The van der Waals surface area contributed by atoms with E-state index in [0.29, 0.717) is 12.2 Å². The first-order valence-electron chi connectivity index (χ1n) is 8.83. The number of sulfonamides is 1. The van der Waals surface area contributed by atoms with Crippen LogP contribution in [0.5, 0.6) is 11.5 Å². The molecule has 1 amide bonds. The van der Waals surface area contributed by atoms with Crippen LogP contribution in [-0.4, -0.2) is 14.3 Å². The zero-order chi connectivity index (χ0) is 19.7. The zero-order valence-corrected chi connectivity index (χ0v) is 16.2. The number of nitrogens with one attached hydrogen (secondary N) is 1. The molecule has 0 spiro atoms. The minimum absolute atomic E-state index is 0.00603. The molecule has 0 radical (unpaired) electrons. The van der Waals surface area contributed by atoms with Crippen LogP contribution in [-0.2, 0) is 14.8 Å². The summed E-state index contributed by atoms with van der Waals surface area (Å²) in [5.74, 6) is 0.185.